The van der Waals surface area contributed by atoms with E-state index in [1.807, 2.05) is 11.9 Å². The minimum absolute atomic E-state index is 0.0344. The van der Waals surface area contributed by atoms with Crippen molar-refractivity contribution in [3.8, 4) is 0 Å². The van der Waals surface area contributed by atoms with E-state index in [-0.39, 0.29) is 17.8 Å². The SMILES string of the molecule is CN(Cc1ccccc1F)C1CCC1C(=O)O. The Balaban J connectivity index is 2.00. The number of carboxylic acids is 1. The predicted octanol–water partition coefficient (Wildman–Crippen LogP) is 2.12. The molecule has 1 N–H and O–H groups in total. The molecule has 0 radical (unpaired) electrons. The molecular weight excluding hydrogens is 221 g/mol. The van der Waals surface area contributed by atoms with Gasteiger partial charge in [0.2, 0.25) is 0 Å². The van der Waals surface area contributed by atoms with Crippen molar-refractivity contribution in [2.45, 2.75) is 25.4 Å². The quantitative estimate of drug-likeness (QED) is 0.872. The molecule has 1 fully saturated rings. The average molecular weight is 237 g/mol. The largest absolute Gasteiger partial charge is 0.481 e. The molecule has 2 unspecified atom stereocenters. The van der Waals surface area contributed by atoms with Gasteiger partial charge in [0.1, 0.15) is 5.82 Å². The Bertz CT molecular complexity index is 422. The fourth-order valence-electron chi connectivity index (χ4n) is 2.31. The molecule has 0 heterocycles. The average Bonchev–Trinajstić information content (AvgIpc) is 2.18. The van der Waals surface area contributed by atoms with Crippen LogP contribution in [0.1, 0.15) is 18.4 Å². The maximum absolute atomic E-state index is 13.4. The van der Waals surface area contributed by atoms with Gasteiger partial charge in [-0.05, 0) is 26.0 Å². The molecule has 0 bridgehead atoms. The zero-order chi connectivity index (χ0) is 12.4. The number of hydrogen-bond donors (Lipinski definition) is 1. The first kappa shape index (κ1) is 12.0. The maximum atomic E-state index is 13.4. The Morgan fingerprint density at radius 2 is 2.18 bits per heavy atom. The summed E-state index contributed by atoms with van der Waals surface area (Å²) in [6, 6.07) is 6.65. The number of nitrogens with zero attached hydrogens (tertiary/aromatic N) is 1. The smallest absolute Gasteiger partial charge is 0.308 e. The zero-order valence-corrected chi connectivity index (χ0v) is 9.77. The Labute approximate surface area is 99.9 Å². The summed E-state index contributed by atoms with van der Waals surface area (Å²) in [4.78, 5) is 12.8. The lowest BCUT2D eigenvalue weighted by molar-refractivity contribution is -0.148. The van der Waals surface area contributed by atoms with Crippen LogP contribution in [0.5, 0.6) is 0 Å². The topological polar surface area (TPSA) is 40.5 Å². The van der Waals surface area contributed by atoms with Crippen LogP contribution < -0.4 is 0 Å². The highest BCUT2D eigenvalue weighted by molar-refractivity contribution is 5.72. The van der Waals surface area contributed by atoms with E-state index < -0.39 is 5.97 Å². The summed E-state index contributed by atoms with van der Waals surface area (Å²) in [5.41, 5.74) is 0.617. The fourth-order valence-corrected chi connectivity index (χ4v) is 2.31. The molecule has 4 heteroatoms. The summed E-state index contributed by atoms with van der Waals surface area (Å²) in [7, 11) is 1.85. The lowest BCUT2D eigenvalue weighted by atomic mass is 9.78. The van der Waals surface area contributed by atoms with Gasteiger partial charge < -0.3 is 5.11 Å². The second kappa shape index (κ2) is 4.84. The van der Waals surface area contributed by atoms with Crippen molar-refractivity contribution in [3.63, 3.8) is 0 Å². The molecule has 0 spiro atoms. The molecule has 1 saturated carbocycles. The van der Waals surface area contributed by atoms with Gasteiger partial charge in [-0.25, -0.2) is 4.39 Å². The summed E-state index contributed by atoms with van der Waals surface area (Å²) in [6.07, 6.45) is 1.60. The molecule has 1 aliphatic carbocycles. The van der Waals surface area contributed by atoms with E-state index in [2.05, 4.69) is 0 Å². The molecule has 92 valence electrons. The third-order valence-corrected chi connectivity index (χ3v) is 3.50. The minimum Gasteiger partial charge on any atom is -0.481 e. The Kier molecular flexibility index (Phi) is 3.43. The number of aliphatic carboxylic acids is 1. The lowest BCUT2D eigenvalue weighted by Gasteiger charge is -2.40. The van der Waals surface area contributed by atoms with Crippen LogP contribution in [0.4, 0.5) is 4.39 Å². The molecule has 3 nitrogen and oxygen atoms in total. The Hall–Kier alpha value is -1.42. The molecule has 2 atom stereocenters. The highest BCUT2D eigenvalue weighted by Crippen LogP contribution is 2.32. The van der Waals surface area contributed by atoms with Crippen molar-refractivity contribution in [2.24, 2.45) is 5.92 Å². The van der Waals surface area contributed by atoms with Gasteiger partial charge in [-0.1, -0.05) is 18.2 Å². The minimum atomic E-state index is -0.748. The van der Waals surface area contributed by atoms with Crippen LogP contribution in [0.3, 0.4) is 0 Å². The van der Waals surface area contributed by atoms with Crippen LogP contribution in [0.15, 0.2) is 24.3 Å². The van der Waals surface area contributed by atoms with E-state index in [4.69, 9.17) is 5.11 Å². The second-order valence-corrected chi connectivity index (χ2v) is 4.60. The zero-order valence-electron chi connectivity index (χ0n) is 9.77. The standard InChI is InChI=1S/C13H16FNO2/c1-15(12-7-6-10(12)13(16)17)8-9-4-2-3-5-11(9)14/h2-5,10,12H,6-8H2,1H3,(H,16,17). The molecule has 1 aromatic carbocycles. The summed E-state index contributed by atoms with van der Waals surface area (Å²) in [6.45, 7) is 0.459. The second-order valence-electron chi connectivity index (χ2n) is 4.60. The Morgan fingerprint density at radius 3 is 2.71 bits per heavy atom. The lowest BCUT2D eigenvalue weighted by Crippen LogP contribution is -2.48. The first-order chi connectivity index (χ1) is 8.09. The normalized spacial score (nSPS) is 23.5. The van der Waals surface area contributed by atoms with E-state index in [0.29, 0.717) is 12.1 Å². The number of hydrogen-bond acceptors (Lipinski definition) is 2. The van der Waals surface area contributed by atoms with Crippen LogP contribution in [-0.4, -0.2) is 29.1 Å². The van der Waals surface area contributed by atoms with Gasteiger partial charge in [-0.3, -0.25) is 9.69 Å². The molecule has 2 rings (SSSR count). The third-order valence-electron chi connectivity index (χ3n) is 3.50. The van der Waals surface area contributed by atoms with Crippen LogP contribution in [-0.2, 0) is 11.3 Å². The summed E-state index contributed by atoms with van der Waals surface area (Å²) < 4.78 is 13.4. The number of halogens is 1. The maximum Gasteiger partial charge on any atom is 0.308 e. The number of rotatable bonds is 4. The van der Waals surface area contributed by atoms with E-state index in [1.54, 1.807) is 18.2 Å². The monoisotopic (exact) mass is 237 g/mol. The Morgan fingerprint density at radius 1 is 1.47 bits per heavy atom. The third kappa shape index (κ3) is 2.47. The van der Waals surface area contributed by atoms with Crippen molar-refractivity contribution < 1.29 is 14.3 Å². The number of carboxylic acid groups (broad SMARTS) is 1. The highest BCUT2D eigenvalue weighted by Gasteiger charge is 2.39. The van der Waals surface area contributed by atoms with Crippen molar-refractivity contribution in [2.75, 3.05) is 7.05 Å². The van der Waals surface area contributed by atoms with Crippen molar-refractivity contribution >= 4 is 5.97 Å². The number of benzene rings is 1. The number of carbonyl (C=O) groups is 1. The fraction of sp³-hybridized carbons (Fsp3) is 0.462. The molecule has 0 aromatic heterocycles. The van der Waals surface area contributed by atoms with Crippen LogP contribution in [0.25, 0.3) is 0 Å². The molecule has 1 aliphatic rings. The van der Waals surface area contributed by atoms with Crippen molar-refractivity contribution in [1.82, 2.24) is 4.90 Å². The van der Waals surface area contributed by atoms with E-state index in [1.165, 1.54) is 6.07 Å². The van der Waals surface area contributed by atoms with Gasteiger partial charge in [0.25, 0.3) is 0 Å². The molecule has 1 aromatic rings. The van der Waals surface area contributed by atoms with Gasteiger partial charge in [0, 0.05) is 18.2 Å². The highest BCUT2D eigenvalue weighted by atomic mass is 19.1. The summed E-state index contributed by atoms with van der Waals surface area (Å²) in [5.74, 6) is -1.28. The van der Waals surface area contributed by atoms with Crippen LogP contribution in [0.2, 0.25) is 0 Å². The van der Waals surface area contributed by atoms with E-state index in [9.17, 15) is 9.18 Å². The van der Waals surface area contributed by atoms with Crippen molar-refractivity contribution in [1.29, 1.82) is 0 Å². The predicted molar refractivity (Wildman–Crippen MR) is 62.0 cm³/mol. The van der Waals surface area contributed by atoms with Gasteiger partial charge >= 0.3 is 5.97 Å². The van der Waals surface area contributed by atoms with Crippen molar-refractivity contribution in [3.05, 3.63) is 35.6 Å². The van der Waals surface area contributed by atoms with Gasteiger partial charge in [0.15, 0.2) is 0 Å². The first-order valence-electron chi connectivity index (χ1n) is 5.76. The van der Waals surface area contributed by atoms with Gasteiger partial charge in [0.05, 0.1) is 5.92 Å². The summed E-state index contributed by atoms with van der Waals surface area (Å²) in [5, 5.41) is 8.97. The van der Waals surface area contributed by atoms with Gasteiger partial charge in [-0.2, -0.15) is 0 Å². The molecular formula is C13H16FNO2. The molecule has 17 heavy (non-hydrogen) atoms. The molecule has 0 amide bonds. The molecule has 0 saturated heterocycles. The summed E-state index contributed by atoms with van der Waals surface area (Å²) >= 11 is 0. The van der Waals surface area contributed by atoms with E-state index >= 15 is 0 Å². The molecule has 0 aliphatic heterocycles. The van der Waals surface area contributed by atoms with Gasteiger partial charge in [-0.15, -0.1) is 0 Å². The van der Waals surface area contributed by atoms with Crippen LogP contribution in [0, 0.1) is 11.7 Å². The van der Waals surface area contributed by atoms with Crippen LogP contribution >= 0.6 is 0 Å². The van der Waals surface area contributed by atoms with E-state index in [0.717, 1.165) is 12.8 Å². The first-order valence-corrected chi connectivity index (χ1v) is 5.76.